The third-order valence-corrected chi connectivity index (χ3v) is 3.21. The Morgan fingerprint density at radius 1 is 1.32 bits per heavy atom. The van der Waals surface area contributed by atoms with Gasteiger partial charge in [0.1, 0.15) is 0 Å². The van der Waals surface area contributed by atoms with Crippen molar-refractivity contribution in [3.05, 3.63) is 35.9 Å². The minimum absolute atomic E-state index is 0.0519. The van der Waals surface area contributed by atoms with Gasteiger partial charge in [-0.05, 0) is 25.3 Å². The highest BCUT2D eigenvalue weighted by Gasteiger charge is 2.19. The van der Waals surface area contributed by atoms with Crippen LogP contribution < -0.4 is 5.32 Å². The number of rotatable bonds is 7. The van der Waals surface area contributed by atoms with Crippen LogP contribution in [-0.4, -0.2) is 29.9 Å². The van der Waals surface area contributed by atoms with Crippen LogP contribution in [0.2, 0.25) is 0 Å². The van der Waals surface area contributed by atoms with Crippen molar-refractivity contribution >= 4 is 27.8 Å². The van der Waals surface area contributed by atoms with Gasteiger partial charge in [0.2, 0.25) is 0 Å². The third-order valence-electron chi connectivity index (χ3n) is 2.65. The number of alkyl carbamates (subject to hydrolysis) is 1. The smallest absolute Gasteiger partial charge is 0.407 e. The van der Waals surface area contributed by atoms with Gasteiger partial charge in [0.15, 0.2) is 5.78 Å². The molecule has 1 amide bonds. The Morgan fingerprint density at radius 3 is 2.58 bits per heavy atom. The molecule has 1 aromatic carbocycles. The molecule has 0 aliphatic heterocycles. The second-order valence-electron chi connectivity index (χ2n) is 4.04. The van der Waals surface area contributed by atoms with Crippen LogP contribution in [0.1, 0.15) is 18.9 Å². The van der Waals surface area contributed by atoms with E-state index in [1.165, 1.54) is 0 Å². The maximum Gasteiger partial charge on any atom is 0.407 e. The fourth-order valence-corrected chi connectivity index (χ4v) is 2.07. The van der Waals surface area contributed by atoms with E-state index >= 15 is 0 Å². The molecule has 0 radical (unpaired) electrons. The van der Waals surface area contributed by atoms with Crippen molar-refractivity contribution in [2.45, 2.75) is 25.8 Å². The number of carbonyl (C=O) groups excluding carboxylic acids is 2. The quantitative estimate of drug-likeness (QED) is 0.783. The van der Waals surface area contributed by atoms with Crippen molar-refractivity contribution in [3.63, 3.8) is 0 Å². The molecule has 4 nitrogen and oxygen atoms in total. The number of alkyl halides is 1. The van der Waals surface area contributed by atoms with Crippen LogP contribution in [0.4, 0.5) is 4.79 Å². The summed E-state index contributed by atoms with van der Waals surface area (Å²) in [6, 6.07) is 9.34. The van der Waals surface area contributed by atoms with E-state index in [-0.39, 0.29) is 11.1 Å². The highest BCUT2D eigenvalue weighted by molar-refractivity contribution is 9.09. The number of halogens is 1. The van der Waals surface area contributed by atoms with E-state index < -0.39 is 12.1 Å². The summed E-state index contributed by atoms with van der Waals surface area (Å²) in [4.78, 5) is 23.1. The van der Waals surface area contributed by atoms with Crippen molar-refractivity contribution in [1.29, 1.82) is 0 Å². The molecule has 0 aliphatic rings. The topological polar surface area (TPSA) is 55.4 Å². The van der Waals surface area contributed by atoms with E-state index in [1.807, 2.05) is 30.3 Å². The van der Waals surface area contributed by atoms with E-state index in [4.69, 9.17) is 4.74 Å². The Hall–Kier alpha value is -1.36. The van der Waals surface area contributed by atoms with Gasteiger partial charge in [-0.15, -0.1) is 0 Å². The summed E-state index contributed by atoms with van der Waals surface area (Å²) in [6.45, 7) is 2.02. The number of aryl methyl sites for hydroxylation is 1. The maximum absolute atomic E-state index is 11.8. The predicted octanol–water partition coefficient (Wildman–Crippen LogP) is 2.70. The van der Waals surface area contributed by atoms with E-state index in [2.05, 4.69) is 21.2 Å². The minimum Gasteiger partial charge on any atom is -0.450 e. The van der Waals surface area contributed by atoms with Gasteiger partial charge in [0.25, 0.3) is 0 Å². The van der Waals surface area contributed by atoms with Gasteiger partial charge in [-0.2, -0.15) is 0 Å². The number of Topliss-reactive ketones (excluding diaryl/α,β-unsaturated/α-hetero) is 1. The van der Waals surface area contributed by atoms with Gasteiger partial charge in [-0.3, -0.25) is 4.79 Å². The lowest BCUT2D eigenvalue weighted by Crippen LogP contribution is -2.42. The van der Waals surface area contributed by atoms with Gasteiger partial charge < -0.3 is 10.1 Å². The maximum atomic E-state index is 11.8. The van der Waals surface area contributed by atoms with Crippen molar-refractivity contribution < 1.29 is 14.3 Å². The molecule has 0 saturated carbocycles. The average molecular weight is 328 g/mol. The average Bonchev–Trinajstić information content (AvgIpc) is 2.44. The molecule has 104 valence electrons. The second kappa shape index (κ2) is 8.69. The minimum atomic E-state index is -0.546. The van der Waals surface area contributed by atoms with Crippen LogP contribution in [0.25, 0.3) is 0 Å². The number of amides is 1. The SMILES string of the molecule is CCOC(=O)NC(CCc1ccccc1)C(=O)CBr. The molecule has 1 aromatic rings. The van der Waals surface area contributed by atoms with Crippen LogP contribution in [0.3, 0.4) is 0 Å². The summed E-state index contributed by atoms with van der Waals surface area (Å²) in [5, 5.41) is 2.82. The van der Waals surface area contributed by atoms with Crippen LogP contribution in [0.15, 0.2) is 30.3 Å². The van der Waals surface area contributed by atoms with Gasteiger partial charge >= 0.3 is 6.09 Å². The van der Waals surface area contributed by atoms with Crippen LogP contribution >= 0.6 is 15.9 Å². The number of ether oxygens (including phenoxy) is 1. The first kappa shape index (κ1) is 15.7. The lowest BCUT2D eigenvalue weighted by molar-refractivity contribution is -0.118. The molecule has 1 N–H and O–H groups in total. The molecule has 1 unspecified atom stereocenters. The third kappa shape index (κ3) is 5.87. The molecular weight excluding hydrogens is 310 g/mol. The Bertz CT molecular complexity index is 408. The van der Waals surface area contributed by atoms with Gasteiger partial charge in [-0.1, -0.05) is 46.3 Å². The number of ketones is 1. The normalized spacial score (nSPS) is 11.7. The molecule has 1 atom stereocenters. The van der Waals surface area contributed by atoms with E-state index in [1.54, 1.807) is 6.92 Å². The lowest BCUT2D eigenvalue weighted by atomic mass is 10.0. The number of carbonyl (C=O) groups is 2. The summed E-state index contributed by atoms with van der Waals surface area (Å²) in [5.74, 6) is -0.0519. The zero-order valence-electron chi connectivity index (χ0n) is 10.9. The number of benzene rings is 1. The molecule has 19 heavy (non-hydrogen) atoms. The second-order valence-corrected chi connectivity index (χ2v) is 4.60. The van der Waals surface area contributed by atoms with Crippen molar-refractivity contribution in [2.75, 3.05) is 11.9 Å². The largest absolute Gasteiger partial charge is 0.450 e. The Balaban J connectivity index is 2.55. The Morgan fingerprint density at radius 2 is 2.00 bits per heavy atom. The number of hydrogen-bond acceptors (Lipinski definition) is 3. The summed E-state index contributed by atoms with van der Waals surface area (Å²) in [5.41, 5.74) is 1.14. The zero-order valence-corrected chi connectivity index (χ0v) is 12.5. The van der Waals surface area contributed by atoms with Crippen LogP contribution in [0, 0.1) is 0 Å². The molecule has 0 fully saturated rings. The zero-order chi connectivity index (χ0) is 14.1. The first-order chi connectivity index (χ1) is 9.17. The molecular formula is C14H18BrNO3. The first-order valence-corrected chi connectivity index (χ1v) is 7.35. The predicted molar refractivity (Wildman–Crippen MR) is 77.5 cm³/mol. The van der Waals surface area contributed by atoms with Crippen molar-refractivity contribution in [1.82, 2.24) is 5.32 Å². The van der Waals surface area contributed by atoms with Gasteiger partial charge in [-0.25, -0.2) is 4.79 Å². The Kier molecular flexibility index (Phi) is 7.18. The van der Waals surface area contributed by atoms with Gasteiger partial charge in [0.05, 0.1) is 18.0 Å². The summed E-state index contributed by atoms with van der Waals surface area (Å²) in [6.07, 6.45) is 0.749. The lowest BCUT2D eigenvalue weighted by Gasteiger charge is -2.16. The van der Waals surface area contributed by atoms with Crippen LogP contribution in [0.5, 0.6) is 0 Å². The van der Waals surface area contributed by atoms with Crippen molar-refractivity contribution in [2.24, 2.45) is 0 Å². The highest BCUT2D eigenvalue weighted by Crippen LogP contribution is 2.07. The molecule has 0 heterocycles. The molecule has 0 saturated heterocycles. The van der Waals surface area contributed by atoms with Crippen LogP contribution in [-0.2, 0) is 16.0 Å². The molecule has 0 aromatic heterocycles. The fourth-order valence-electron chi connectivity index (χ4n) is 1.68. The number of hydrogen-bond donors (Lipinski definition) is 1. The molecule has 1 rings (SSSR count). The monoisotopic (exact) mass is 327 g/mol. The first-order valence-electron chi connectivity index (χ1n) is 6.23. The molecule has 0 aliphatic carbocycles. The molecule has 5 heteroatoms. The molecule has 0 bridgehead atoms. The van der Waals surface area contributed by atoms with E-state index in [9.17, 15) is 9.59 Å². The van der Waals surface area contributed by atoms with Crippen molar-refractivity contribution in [3.8, 4) is 0 Å². The fraction of sp³-hybridized carbons (Fsp3) is 0.429. The standard InChI is InChI=1S/C14H18BrNO3/c1-2-19-14(18)16-12(13(17)10-15)9-8-11-6-4-3-5-7-11/h3-7,12H,2,8-10H2,1H3,(H,16,18). The van der Waals surface area contributed by atoms with E-state index in [0.717, 1.165) is 12.0 Å². The van der Waals surface area contributed by atoms with Gasteiger partial charge in [0, 0.05) is 0 Å². The molecule has 0 spiro atoms. The van der Waals surface area contributed by atoms with E-state index in [0.29, 0.717) is 13.0 Å². The summed E-state index contributed by atoms with van der Waals surface area (Å²) < 4.78 is 4.80. The highest BCUT2D eigenvalue weighted by atomic mass is 79.9. The summed E-state index contributed by atoms with van der Waals surface area (Å²) >= 11 is 3.13. The summed E-state index contributed by atoms with van der Waals surface area (Å²) in [7, 11) is 0. The number of nitrogens with one attached hydrogen (secondary N) is 1. The Labute approximate surface area is 121 Å².